The summed E-state index contributed by atoms with van der Waals surface area (Å²) in [7, 11) is 0. The van der Waals surface area contributed by atoms with E-state index in [1.54, 1.807) is 6.20 Å². The van der Waals surface area contributed by atoms with Crippen LogP contribution in [0.25, 0.3) is 0 Å². The number of aliphatic hydroxyl groups excluding tert-OH is 1. The van der Waals surface area contributed by atoms with Gasteiger partial charge in [-0.3, -0.25) is 0 Å². The molecule has 0 aliphatic carbocycles. The van der Waals surface area contributed by atoms with Crippen LogP contribution in [0.3, 0.4) is 0 Å². The molecule has 0 radical (unpaired) electrons. The minimum absolute atomic E-state index is 0.351. The molecule has 0 amide bonds. The topological polar surface area (TPSA) is 26.7 Å². The first-order valence-electron chi connectivity index (χ1n) is 4.28. The number of aliphatic hydroxyl groups is 1. The van der Waals surface area contributed by atoms with Crippen molar-refractivity contribution < 1.29 is 5.11 Å². The Balaban J connectivity index is 2.36. The molecule has 1 heterocycles. The van der Waals surface area contributed by atoms with Crippen molar-refractivity contribution in [2.45, 2.75) is 26.0 Å². The summed E-state index contributed by atoms with van der Waals surface area (Å²) >= 11 is 0. The fourth-order valence-electron chi connectivity index (χ4n) is 1.19. The molecule has 1 rings (SSSR count). The molecule has 1 N–H and O–H groups in total. The third kappa shape index (κ3) is 2.01. The minimum Gasteiger partial charge on any atom is -0.374 e. The van der Waals surface area contributed by atoms with E-state index >= 15 is 0 Å². The molecule has 1 atom stereocenters. The quantitative estimate of drug-likeness (QED) is 0.685. The summed E-state index contributed by atoms with van der Waals surface area (Å²) in [6.07, 6.45) is 7.01. The third-order valence-electron chi connectivity index (χ3n) is 1.94. The summed E-state index contributed by atoms with van der Waals surface area (Å²) in [5, 5.41) is 9.58. The number of rotatable bonds is 4. The van der Waals surface area contributed by atoms with E-state index in [2.05, 4.69) is 13.5 Å². The van der Waals surface area contributed by atoms with E-state index in [-0.39, 0.29) is 6.23 Å². The van der Waals surface area contributed by atoms with Gasteiger partial charge in [0.05, 0.1) is 6.67 Å². The fourth-order valence-corrected chi connectivity index (χ4v) is 1.19. The molecule has 3 heteroatoms. The predicted molar refractivity (Wildman–Crippen MR) is 48.8 cm³/mol. The first-order valence-corrected chi connectivity index (χ1v) is 4.28. The van der Waals surface area contributed by atoms with Gasteiger partial charge in [-0.1, -0.05) is 19.9 Å². The van der Waals surface area contributed by atoms with E-state index in [9.17, 15) is 5.11 Å². The van der Waals surface area contributed by atoms with E-state index in [1.807, 2.05) is 22.2 Å². The van der Waals surface area contributed by atoms with E-state index < -0.39 is 0 Å². The summed E-state index contributed by atoms with van der Waals surface area (Å²) in [5.74, 6) is 0. The molecule has 0 saturated carbocycles. The maximum atomic E-state index is 9.58. The second kappa shape index (κ2) is 4.16. The zero-order valence-corrected chi connectivity index (χ0v) is 7.48. The minimum atomic E-state index is -0.351. The van der Waals surface area contributed by atoms with Crippen molar-refractivity contribution >= 4 is 0 Å². The Morgan fingerprint density at radius 1 is 1.67 bits per heavy atom. The van der Waals surface area contributed by atoms with Crippen LogP contribution < -0.4 is 0 Å². The summed E-state index contributed by atoms with van der Waals surface area (Å²) in [6.45, 7) is 6.43. The van der Waals surface area contributed by atoms with Crippen molar-refractivity contribution in [1.82, 2.24) is 9.80 Å². The molecular formula is C9H16N2O. The molecule has 0 aromatic carbocycles. The van der Waals surface area contributed by atoms with Crippen molar-refractivity contribution in [2.75, 3.05) is 6.67 Å². The molecule has 0 saturated heterocycles. The molecule has 0 bridgehead atoms. The van der Waals surface area contributed by atoms with Crippen LogP contribution in [0.1, 0.15) is 19.8 Å². The van der Waals surface area contributed by atoms with Crippen LogP contribution in [0.15, 0.2) is 25.2 Å². The molecule has 1 aliphatic heterocycles. The lowest BCUT2D eigenvalue weighted by Gasteiger charge is -2.23. The maximum Gasteiger partial charge on any atom is 0.127 e. The van der Waals surface area contributed by atoms with Gasteiger partial charge in [-0.2, -0.15) is 0 Å². The Labute approximate surface area is 73.6 Å². The lowest BCUT2D eigenvalue weighted by Crippen LogP contribution is -2.32. The highest BCUT2D eigenvalue weighted by Gasteiger charge is 2.16. The zero-order valence-electron chi connectivity index (χ0n) is 7.48. The van der Waals surface area contributed by atoms with Crippen molar-refractivity contribution in [3.63, 3.8) is 0 Å². The van der Waals surface area contributed by atoms with Gasteiger partial charge in [0.25, 0.3) is 0 Å². The lowest BCUT2D eigenvalue weighted by molar-refractivity contribution is 0.0237. The predicted octanol–water partition coefficient (Wildman–Crippen LogP) is 1.29. The van der Waals surface area contributed by atoms with Gasteiger partial charge in [0.15, 0.2) is 0 Å². The third-order valence-corrected chi connectivity index (χ3v) is 1.94. The van der Waals surface area contributed by atoms with Gasteiger partial charge in [0.2, 0.25) is 0 Å². The van der Waals surface area contributed by atoms with Crippen LogP contribution in [-0.4, -0.2) is 27.8 Å². The van der Waals surface area contributed by atoms with Crippen molar-refractivity contribution in [1.29, 1.82) is 0 Å². The molecule has 1 aliphatic rings. The molecule has 0 aromatic rings. The van der Waals surface area contributed by atoms with E-state index in [0.29, 0.717) is 6.67 Å². The largest absolute Gasteiger partial charge is 0.374 e. The maximum absolute atomic E-state index is 9.58. The highest BCUT2D eigenvalue weighted by Crippen LogP contribution is 2.12. The Morgan fingerprint density at radius 3 is 2.92 bits per heavy atom. The summed E-state index contributed by atoms with van der Waals surface area (Å²) in [5.41, 5.74) is 0. The molecular weight excluding hydrogens is 152 g/mol. The smallest absolute Gasteiger partial charge is 0.127 e. The standard InChI is InChI=1S/C9H16N2O/c1-3-5-9(12)11-7-6-10(4-2)8-11/h4,6-7,9,12H,2-3,5,8H2,1H3. The van der Waals surface area contributed by atoms with Crippen LogP contribution >= 0.6 is 0 Å². The Hall–Kier alpha value is -0.960. The highest BCUT2D eigenvalue weighted by molar-refractivity contribution is 4.95. The van der Waals surface area contributed by atoms with Gasteiger partial charge >= 0.3 is 0 Å². The van der Waals surface area contributed by atoms with Gasteiger partial charge in [-0.15, -0.1) is 0 Å². The van der Waals surface area contributed by atoms with Crippen LogP contribution in [0.4, 0.5) is 0 Å². The van der Waals surface area contributed by atoms with Crippen LogP contribution in [0.2, 0.25) is 0 Å². The van der Waals surface area contributed by atoms with Crippen molar-refractivity contribution in [3.8, 4) is 0 Å². The second-order valence-electron chi connectivity index (χ2n) is 2.92. The summed E-state index contributed by atoms with van der Waals surface area (Å²) < 4.78 is 0. The molecule has 3 nitrogen and oxygen atoms in total. The first kappa shape index (κ1) is 9.13. The van der Waals surface area contributed by atoms with E-state index in [1.165, 1.54) is 0 Å². The summed E-state index contributed by atoms with van der Waals surface area (Å²) in [6, 6.07) is 0. The molecule has 1 unspecified atom stereocenters. The fraction of sp³-hybridized carbons (Fsp3) is 0.556. The molecule has 0 aromatic heterocycles. The number of hydrogen-bond acceptors (Lipinski definition) is 3. The van der Waals surface area contributed by atoms with Crippen LogP contribution in [0, 0.1) is 0 Å². The lowest BCUT2D eigenvalue weighted by atomic mass is 10.3. The van der Waals surface area contributed by atoms with E-state index in [4.69, 9.17) is 0 Å². The Morgan fingerprint density at radius 2 is 2.42 bits per heavy atom. The van der Waals surface area contributed by atoms with Gasteiger partial charge in [0.1, 0.15) is 6.23 Å². The SMILES string of the molecule is C=CN1C=CN(C(O)CCC)C1. The zero-order chi connectivity index (χ0) is 8.97. The molecule has 0 fully saturated rings. The summed E-state index contributed by atoms with van der Waals surface area (Å²) in [4.78, 5) is 3.82. The monoisotopic (exact) mass is 168 g/mol. The van der Waals surface area contributed by atoms with E-state index in [0.717, 1.165) is 12.8 Å². The van der Waals surface area contributed by atoms with Gasteiger partial charge in [0, 0.05) is 12.4 Å². The number of nitrogens with zero attached hydrogens (tertiary/aromatic N) is 2. The normalized spacial score (nSPS) is 18.5. The van der Waals surface area contributed by atoms with Crippen molar-refractivity contribution in [3.05, 3.63) is 25.2 Å². The van der Waals surface area contributed by atoms with Crippen LogP contribution in [-0.2, 0) is 0 Å². The van der Waals surface area contributed by atoms with Crippen LogP contribution in [0.5, 0.6) is 0 Å². The van der Waals surface area contributed by atoms with Gasteiger partial charge < -0.3 is 14.9 Å². The average Bonchev–Trinajstić information content (AvgIpc) is 2.52. The Kier molecular flexibility index (Phi) is 3.17. The number of hydrogen-bond donors (Lipinski definition) is 1. The Bertz CT molecular complexity index is 179. The average molecular weight is 168 g/mol. The highest BCUT2D eigenvalue weighted by atomic mass is 16.3. The molecule has 68 valence electrons. The molecule has 0 spiro atoms. The van der Waals surface area contributed by atoms with Crippen molar-refractivity contribution in [2.24, 2.45) is 0 Å². The van der Waals surface area contributed by atoms with Gasteiger partial charge in [-0.05, 0) is 12.6 Å². The molecule has 12 heavy (non-hydrogen) atoms. The first-order chi connectivity index (χ1) is 5.77. The second-order valence-corrected chi connectivity index (χ2v) is 2.92. The van der Waals surface area contributed by atoms with Gasteiger partial charge in [-0.25, -0.2) is 0 Å².